The molecule has 0 radical (unpaired) electrons. The summed E-state index contributed by atoms with van der Waals surface area (Å²) in [6.07, 6.45) is 1.69. The number of nitrogens with zero attached hydrogens (tertiary/aromatic N) is 3. The molecule has 4 nitrogen and oxygen atoms in total. The normalized spacial score (nSPS) is 19.3. The highest BCUT2D eigenvalue weighted by molar-refractivity contribution is 9.10. The molecule has 1 unspecified atom stereocenters. The van der Waals surface area contributed by atoms with Crippen molar-refractivity contribution in [1.82, 2.24) is 4.90 Å². The number of halogens is 1. The SMILES string of the molecule is Cc1ccccc1CN1C(=O)C(C)S/C1=N\N=C\c1ccc(Br)cc1. The molecular formula is C19H18BrN3OS. The number of carbonyl (C=O) groups is 1. The van der Waals surface area contributed by atoms with Crippen LogP contribution in [-0.4, -0.2) is 27.4 Å². The van der Waals surface area contributed by atoms with Crippen LogP contribution in [0.3, 0.4) is 0 Å². The number of thioether (sulfide) groups is 1. The van der Waals surface area contributed by atoms with Gasteiger partial charge in [-0.2, -0.15) is 5.10 Å². The molecule has 1 aliphatic heterocycles. The fourth-order valence-electron chi connectivity index (χ4n) is 2.46. The van der Waals surface area contributed by atoms with Gasteiger partial charge in [-0.3, -0.25) is 9.69 Å². The Kier molecular flexibility index (Phi) is 5.71. The first-order chi connectivity index (χ1) is 12.0. The largest absolute Gasteiger partial charge is 0.284 e. The smallest absolute Gasteiger partial charge is 0.242 e. The molecule has 1 heterocycles. The summed E-state index contributed by atoms with van der Waals surface area (Å²) < 4.78 is 1.02. The molecule has 0 aromatic heterocycles. The number of benzene rings is 2. The summed E-state index contributed by atoms with van der Waals surface area (Å²) in [6.45, 7) is 4.48. The summed E-state index contributed by atoms with van der Waals surface area (Å²) >= 11 is 4.86. The van der Waals surface area contributed by atoms with Crippen LogP contribution in [0.4, 0.5) is 0 Å². The Hall–Kier alpha value is -1.92. The Morgan fingerprint density at radius 2 is 1.92 bits per heavy atom. The van der Waals surface area contributed by atoms with Gasteiger partial charge in [0.05, 0.1) is 18.0 Å². The highest BCUT2D eigenvalue weighted by atomic mass is 79.9. The maximum absolute atomic E-state index is 12.5. The van der Waals surface area contributed by atoms with Crippen LogP contribution < -0.4 is 0 Å². The second kappa shape index (κ2) is 7.97. The van der Waals surface area contributed by atoms with Crippen molar-refractivity contribution in [3.05, 3.63) is 69.7 Å². The number of amidine groups is 1. The van der Waals surface area contributed by atoms with Gasteiger partial charge in [-0.25, -0.2) is 0 Å². The van der Waals surface area contributed by atoms with Crippen molar-refractivity contribution in [1.29, 1.82) is 0 Å². The number of carbonyl (C=O) groups excluding carboxylic acids is 1. The van der Waals surface area contributed by atoms with Crippen LogP contribution >= 0.6 is 27.7 Å². The minimum absolute atomic E-state index is 0.0749. The van der Waals surface area contributed by atoms with E-state index in [9.17, 15) is 4.79 Å². The average Bonchev–Trinajstić information content (AvgIpc) is 2.86. The van der Waals surface area contributed by atoms with Crippen LogP contribution in [0.1, 0.15) is 23.6 Å². The fraction of sp³-hybridized carbons (Fsp3) is 0.211. The zero-order valence-electron chi connectivity index (χ0n) is 14.0. The minimum atomic E-state index is -0.134. The van der Waals surface area contributed by atoms with Gasteiger partial charge in [0.2, 0.25) is 5.91 Å². The van der Waals surface area contributed by atoms with E-state index in [0.29, 0.717) is 11.7 Å². The number of hydrogen-bond acceptors (Lipinski definition) is 4. The molecule has 6 heteroatoms. The van der Waals surface area contributed by atoms with Gasteiger partial charge in [0.25, 0.3) is 0 Å². The van der Waals surface area contributed by atoms with E-state index in [4.69, 9.17) is 0 Å². The molecule has 2 aromatic rings. The van der Waals surface area contributed by atoms with E-state index in [0.717, 1.165) is 21.2 Å². The van der Waals surface area contributed by atoms with E-state index >= 15 is 0 Å². The third-order valence-electron chi connectivity index (χ3n) is 3.94. The predicted octanol–water partition coefficient (Wildman–Crippen LogP) is 4.61. The summed E-state index contributed by atoms with van der Waals surface area (Å²) in [5.41, 5.74) is 3.24. The third-order valence-corrected chi connectivity index (χ3v) is 5.53. The molecule has 0 bridgehead atoms. The van der Waals surface area contributed by atoms with E-state index in [2.05, 4.69) is 39.1 Å². The molecule has 0 saturated carbocycles. The van der Waals surface area contributed by atoms with Gasteiger partial charge in [-0.1, -0.05) is 64.1 Å². The molecule has 0 aliphatic carbocycles. The van der Waals surface area contributed by atoms with E-state index < -0.39 is 0 Å². The van der Waals surface area contributed by atoms with E-state index in [1.54, 1.807) is 11.1 Å². The quantitative estimate of drug-likeness (QED) is 0.540. The van der Waals surface area contributed by atoms with Crippen molar-refractivity contribution in [3.8, 4) is 0 Å². The van der Waals surface area contributed by atoms with Crippen molar-refractivity contribution >= 4 is 45.0 Å². The zero-order valence-corrected chi connectivity index (χ0v) is 16.4. The molecular weight excluding hydrogens is 398 g/mol. The Bertz CT molecular complexity index is 833. The Labute approximate surface area is 160 Å². The zero-order chi connectivity index (χ0) is 17.8. The monoisotopic (exact) mass is 415 g/mol. The fourth-order valence-corrected chi connectivity index (χ4v) is 3.65. The molecule has 1 atom stereocenters. The lowest BCUT2D eigenvalue weighted by atomic mass is 10.1. The average molecular weight is 416 g/mol. The third kappa shape index (κ3) is 4.38. The molecule has 1 saturated heterocycles. The molecule has 0 spiro atoms. The van der Waals surface area contributed by atoms with Crippen molar-refractivity contribution in [2.24, 2.45) is 10.2 Å². The molecule has 128 valence electrons. The lowest BCUT2D eigenvalue weighted by molar-refractivity contribution is -0.126. The van der Waals surface area contributed by atoms with Gasteiger partial charge in [0.15, 0.2) is 5.17 Å². The molecule has 1 amide bonds. The summed E-state index contributed by atoms with van der Waals surface area (Å²) in [4.78, 5) is 14.2. The van der Waals surface area contributed by atoms with Crippen LogP contribution in [-0.2, 0) is 11.3 Å². The topological polar surface area (TPSA) is 45.0 Å². The van der Waals surface area contributed by atoms with E-state index in [-0.39, 0.29) is 11.2 Å². The first kappa shape index (κ1) is 17.9. The van der Waals surface area contributed by atoms with Crippen LogP contribution in [0.5, 0.6) is 0 Å². The number of aryl methyl sites for hydroxylation is 1. The van der Waals surface area contributed by atoms with Crippen LogP contribution in [0, 0.1) is 6.92 Å². The molecule has 0 N–H and O–H groups in total. The summed E-state index contributed by atoms with van der Waals surface area (Å²) in [7, 11) is 0. The van der Waals surface area contributed by atoms with Gasteiger partial charge >= 0.3 is 0 Å². The van der Waals surface area contributed by atoms with Crippen LogP contribution in [0.15, 0.2) is 63.2 Å². The second-order valence-corrected chi connectivity index (χ2v) is 8.01. The van der Waals surface area contributed by atoms with Gasteiger partial charge < -0.3 is 0 Å². The number of amides is 1. The summed E-state index contributed by atoms with van der Waals surface area (Å²) in [5.74, 6) is 0.0749. The highest BCUT2D eigenvalue weighted by Gasteiger charge is 2.35. The van der Waals surface area contributed by atoms with Crippen molar-refractivity contribution in [2.75, 3.05) is 0 Å². The molecule has 2 aromatic carbocycles. The van der Waals surface area contributed by atoms with Crippen molar-refractivity contribution in [2.45, 2.75) is 25.6 Å². The van der Waals surface area contributed by atoms with E-state index in [1.807, 2.05) is 49.4 Å². The van der Waals surface area contributed by atoms with Gasteiger partial charge in [0, 0.05) is 4.47 Å². The van der Waals surface area contributed by atoms with Crippen molar-refractivity contribution in [3.63, 3.8) is 0 Å². The number of hydrogen-bond donors (Lipinski definition) is 0. The van der Waals surface area contributed by atoms with Gasteiger partial charge in [-0.15, -0.1) is 5.10 Å². The lowest BCUT2D eigenvalue weighted by Gasteiger charge is -2.16. The molecule has 1 fully saturated rings. The molecule has 1 aliphatic rings. The second-order valence-electron chi connectivity index (χ2n) is 5.79. The first-order valence-electron chi connectivity index (χ1n) is 7.94. The first-order valence-corrected chi connectivity index (χ1v) is 9.61. The number of rotatable bonds is 4. The van der Waals surface area contributed by atoms with Crippen molar-refractivity contribution < 1.29 is 4.79 Å². The van der Waals surface area contributed by atoms with Crippen LogP contribution in [0.2, 0.25) is 0 Å². The van der Waals surface area contributed by atoms with Gasteiger partial charge in [-0.05, 0) is 42.7 Å². The highest BCUT2D eigenvalue weighted by Crippen LogP contribution is 2.29. The Balaban J connectivity index is 1.79. The van der Waals surface area contributed by atoms with E-state index in [1.165, 1.54) is 11.8 Å². The van der Waals surface area contributed by atoms with Gasteiger partial charge in [0.1, 0.15) is 0 Å². The molecule has 25 heavy (non-hydrogen) atoms. The molecule has 3 rings (SSSR count). The maximum atomic E-state index is 12.5. The standard InChI is InChI=1S/C19H18BrN3OS/c1-13-5-3-4-6-16(13)12-23-18(24)14(2)25-19(23)22-21-11-15-7-9-17(20)10-8-15/h3-11,14H,12H2,1-2H3/b21-11+,22-19-. The van der Waals surface area contributed by atoms with Crippen LogP contribution in [0.25, 0.3) is 0 Å². The lowest BCUT2D eigenvalue weighted by Crippen LogP contribution is -2.31. The predicted molar refractivity (Wildman–Crippen MR) is 108 cm³/mol. The Morgan fingerprint density at radius 1 is 1.20 bits per heavy atom. The Morgan fingerprint density at radius 3 is 2.64 bits per heavy atom. The summed E-state index contributed by atoms with van der Waals surface area (Å²) in [5, 5.41) is 8.97. The summed E-state index contributed by atoms with van der Waals surface area (Å²) in [6, 6.07) is 15.9. The minimum Gasteiger partial charge on any atom is -0.284 e. The maximum Gasteiger partial charge on any atom is 0.242 e.